The summed E-state index contributed by atoms with van der Waals surface area (Å²) in [5.74, 6) is -0.472. The average Bonchev–Trinajstić information content (AvgIpc) is 2.89. The van der Waals surface area contributed by atoms with Crippen molar-refractivity contribution in [3.63, 3.8) is 0 Å². The molecule has 1 N–H and O–H groups in total. The third-order valence-corrected chi connectivity index (χ3v) is 6.30. The molecule has 2 heterocycles. The summed E-state index contributed by atoms with van der Waals surface area (Å²) in [7, 11) is 3.27. The molecule has 0 spiro atoms. The first kappa shape index (κ1) is 29.1. The third kappa shape index (κ3) is 7.18. The average molecular weight is 587 g/mol. The highest BCUT2D eigenvalue weighted by Crippen LogP contribution is 2.36. The van der Waals surface area contributed by atoms with Gasteiger partial charge >= 0.3 is 18.9 Å². The van der Waals surface area contributed by atoms with Crippen LogP contribution in [-0.2, 0) is 6.18 Å². The molecule has 0 atom stereocenters. The van der Waals surface area contributed by atoms with Crippen LogP contribution in [0.5, 0.6) is 11.5 Å². The number of aromatic nitrogens is 2. The molecule has 1 aromatic heterocycles. The molecule has 3 aromatic rings. The Bertz CT molecular complexity index is 1350. The number of halogens is 6. The highest BCUT2D eigenvalue weighted by Gasteiger charge is 2.32. The number of amides is 1. The fraction of sp³-hybridized carbons (Fsp3) is 0.320. The molecule has 1 amide bonds. The highest BCUT2D eigenvalue weighted by atomic mass is 35.5. The molecule has 1 aliphatic rings. The maximum atomic E-state index is 13.2. The predicted octanol–water partition coefficient (Wildman–Crippen LogP) is 5.88. The van der Waals surface area contributed by atoms with Gasteiger partial charge in [0.1, 0.15) is 5.82 Å². The van der Waals surface area contributed by atoms with Gasteiger partial charge < -0.3 is 24.6 Å². The Kier molecular flexibility index (Phi) is 8.79. The van der Waals surface area contributed by atoms with Crippen molar-refractivity contribution in [1.82, 2.24) is 14.9 Å². The lowest BCUT2D eigenvalue weighted by molar-refractivity contribution is -0.137. The van der Waals surface area contributed by atoms with E-state index in [1.54, 1.807) is 12.1 Å². The summed E-state index contributed by atoms with van der Waals surface area (Å²) in [5, 5.41) is 2.68. The Hall–Kier alpha value is -3.91. The molecule has 2 aromatic carbocycles. The molecule has 0 radical (unpaired) electrons. The molecule has 0 aliphatic carbocycles. The smallest absolute Gasteiger partial charge is 0.420 e. The van der Waals surface area contributed by atoms with Crippen molar-refractivity contribution in [3.05, 3.63) is 59.2 Å². The van der Waals surface area contributed by atoms with Crippen LogP contribution in [0.4, 0.5) is 49.9 Å². The van der Waals surface area contributed by atoms with E-state index in [9.17, 15) is 26.7 Å². The van der Waals surface area contributed by atoms with E-state index in [4.69, 9.17) is 21.1 Å². The van der Waals surface area contributed by atoms with Gasteiger partial charge in [-0.15, -0.1) is 0 Å². The lowest BCUT2D eigenvalue weighted by atomic mass is 10.2. The van der Waals surface area contributed by atoms with E-state index in [-0.39, 0.29) is 22.5 Å². The minimum absolute atomic E-state index is 0.00426. The number of piperazine rings is 1. The Balaban J connectivity index is 1.50. The number of carbonyl (C=O) groups excluding carboxylic acids is 1. The van der Waals surface area contributed by atoms with Gasteiger partial charge in [-0.1, -0.05) is 11.6 Å². The van der Waals surface area contributed by atoms with Crippen LogP contribution in [0.1, 0.15) is 5.56 Å². The molecule has 214 valence electrons. The first-order valence-electron chi connectivity index (χ1n) is 11.9. The van der Waals surface area contributed by atoms with Gasteiger partial charge in [0.15, 0.2) is 11.5 Å². The van der Waals surface area contributed by atoms with Gasteiger partial charge in [0.2, 0.25) is 5.95 Å². The third-order valence-electron chi connectivity index (χ3n) is 5.99. The second-order valence-electron chi connectivity index (χ2n) is 8.78. The van der Waals surface area contributed by atoms with Crippen molar-refractivity contribution in [1.29, 1.82) is 0 Å². The van der Waals surface area contributed by atoms with E-state index >= 15 is 0 Å². The first-order chi connectivity index (χ1) is 18.9. The number of alkyl halides is 5. The molecule has 4 rings (SSSR count). The number of rotatable bonds is 7. The summed E-state index contributed by atoms with van der Waals surface area (Å²) < 4.78 is 75.3. The molecule has 0 unspecified atom stereocenters. The van der Waals surface area contributed by atoms with Gasteiger partial charge in [-0.05, 0) is 43.4 Å². The molecule has 40 heavy (non-hydrogen) atoms. The monoisotopic (exact) mass is 586 g/mol. The number of ether oxygens (including phenoxy) is 2. The molecule has 1 fully saturated rings. The standard InChI is InChI=1S/C25H24ClF5N6O3/c1-35-9-11-37(12-10-35)18-6-4-16(14-20(18)39-22(27)28)33-23-32-8-7-21(34-23)36(2)24(38)40-19-13-15(25(29,30)31)3-5-17(19)26/h3-8,13-14,22H,9-12H2,1-2H3,(H,32,33,34). The number of carbonyl (C=O) groups is 1. The van der Waals surface area contributed by atoms with Crippen LogP contribution in [-0.4, -0.2) is 67.8 Å². The second kappa shape index (κ2) is 12.1. The fourth-order valence-corrected chi connectivity index (χ4v) is 3.99. The van der Waals surface area contributed by atoms with Crippen LogP contribution in [0.25, 0.3) is 0 Å². The van der Waals surface area contributed by atoms with Gasteiger partial charge in [-0.25, -0.2) is 9.78 Å². The summed E-state index contributed by atoms with van der Waals surface area (Å²) in [6.07, 6.45) is -4.40. The predicted molar refractivity (Wildman–Crippen MR) is 139 cm³/mol. The van der Waals surface area contributed by atoms with Gasteiger partial charge in [0.25, 0.3) is 0 Å². The lowest BCUT2D eigenvalue weighted by Gasteiger charge is -2.34. The molecule has 9 nitrogen and oxygen atoms in total. The summed E-state index contributed by atoms with van der Waals surface area (Å²) in [6.45, 7) is -0.217. The minimum atomic E-state index is -4.66. The quantitative estimate of drug-likeness (QED) is 0.344. The van der Waals surface area contributed by atoms with Crippen LogP contribution in [0.2, 0.25) is 5.02 Å². The Labute approximate surface area is 231 Å². The van der Waals surface area contributed by atoms with Gasteiger partial charge in [-0.3, -0.25) is 4.90 Å². The van der Waals surface area contributed by atoms with Crippen molar-refractivity contribution in [2.75, 3.05) is 55.4 Å². The van der Waals surface area contributed by atoms with Gasteiger partial charge in [-0.2, -0.15) is 26.9 Å². The largest absolute Gasteiger partial charge is 0.433 e. The molecule has 0 bridgehead atoms. The zero-order chi connectivity index (χ0) is 29.0. The van der Waals surface area contributed by atoms with Crippen molar-refractivity contribution in [2.45, 2.75) is 12.8 Å². The van der Waals surface area contributed by atoms with Crippen molar-refractivity contribution < 1.29 is 36.2 Å². The summed E-state index contributed by atoms with van der Waals surface area (Å²) in [6, 6.07) is 8.41. The molecule has 1 aliphatic heterocycles. The number of hydrogen-bond donors (Lipinski definition) is 1. The van der Waals surface area contributed by atoms with E-state index < -0.39 is 30.2 Å². The first-order valence-corrected chi connectivity index (χ1v) is 12.2. The van der Waals surface area contributed by atoms with E-state index in [2.05, 4.69) is 20.2 Å². The second-order valence-corrected chi connectivity index (χ2v) is 9.19. The van der Waals surface area contributed by atoms with E-state index in [1.807, 2.05) is 11.9 Å². The molecule has 0 saturated carbocycles. The number of nitrogens with zero attached hydrogens (tertiary/aromatic N) is 5. The summed E-state index contributed by atoms with van der Waals surface area (Å²) in [4.78, 5) is 25.9. The SMILES string of the molecule is CN1CCN(c2ccc(Nc3nccc(N(C)C(=O)Oc4cc(C(F)(F)F)ccc4Cl)n3)cc2OC(F)F)CC1. The maximum Gasteiger partial charge on any atom is 0.420 e. The zero-order valence-corrected chi connectivity index (χ0v) is 22.0. The maximum absolute atomic E-state index is 13.2. The molecular formula is C25H24ClF5N6O3. The van der Waals surface area contributed by atoms with Crippen LogP contribution in [0.3, 0.4) is 0 Å². The summed E-state index contributed by atoms with van der Waals surface area (Å²) >= 11 is 5.91. The Morgan fingerprint density at radius 1 is 1.07 bits per heavy atom. The van der Waals surface area contributed by atoms with E-state index in [0.29, 0.717) is 30.5 Å². The topological polar surface area (TPSA) is 83.1 Å². The van der Waals surface area contributed by atoms with E-state index in [1.165, 1.54) is 25.4 Å². The van der Waals surface area contributed by atoms with Crippen molar-refractivity contribution in [2.24, 2.45) is 0 Å². The van der Waals surface area contributed by atoms with Crippen LogP contribution in [0.15, 0.2) is 48.7 Å². The molecule has 1 saturated heterocycles. The number of benzene rings is 2. The lowest BCUT2D eigenvalue weighted by Crippen LogP contribution is -2.44. The highest BCUT2D eigenvalue weighted by molar-refractivity contribution is 6.32. The normalized spacial score (nSPS) is 14.3. The number of anilines is 4. The van der Waals surface area contributed by atoms with Gasteiger partial charge in [0, 0.05) is 51.2 Å². The fourth-order valence-electron chi connectivity index (χ4n) is 3.83. The van der Waals surface area contributed by atoms with Crippen LogP contribution >= 0.6 is 11.6 Å². The minimum Gasteiger partial charge on any atom is -0.433 e. The zero-order valence-electron chi connectivity index (χ0n) is 21.3. The molecule has 15 heteroatoms. The van der Waals surface area contributed by atoms with Crippen LogP contribution < -0.4 is 24.6 Å². The summed E-state index contributed by atoms with van der Waals surface area (Å²) in [5.41, 5.74) is -0.180. The van der Waals surface area contributed by atoms with Gasteiger partial charge in [0.05, 0.1) is 16.3 Å². The van der Waals surface area contributed by atoms with Crippen molar-refractivity contribution in [3.8, 4) is 11.5 Å². The Morgan fingerprint density at radius 3 is 2.48 bits per heavy atom. The Morgan fingerprint density at radius 2 is 1.80 bits per heavy atom. The molecular weight excluding hydrogens is 563 g/mol. The van der Waals surface area contributed by atoms with Crippen molar-refractivity contribution >= 4 is 40.8 Å². The number of likely N-dealkylation sites (N-methyl/N-ethyl adjacent to an activating group) is 1. The van der Waals surface area contributed by atoms with E-state index in [0.717, 1.165) is 30.1 Å². The number of nitrogens with one attached hydrogen (secondary N) is 1. The van der Waals surface area contributed by atoms with Crippen LogP contribution in [0, 0.1) is 0 Å². The number of hydrogen-bond acceptors (Lipinski definition) is 8.